The number of hydrogen-bond acceptors (Lipinski definition) is 4. The number of halogens is 1. The van der Waals surface area contributed by atoms with Gasteiger partial charge in [-0.3, -0.25) is 4.21 Å². The van der Waals surface area contributed by atoms with E-state index in [1.54, 1.807) is 6.92 Å². The molecule has 1 aromatic rings. The van der Waals surface area contributed by atoms with Gasteiger partial charge in [-0.1, -0.05) is 11.6 Å². The molecular weight excluding hydrogens is 296 g/mol. The van der Waals surface area contributed by atoms with E-state index in [1.165, 1.54) is 18.4 Å². The summed E-state index contributed by atoms with van der Waals surface area (Å²) in [7, 11) is -4.71. The smallest absolute Gasteiger partial charge is 0.240 e. The second-order valence-corrected chi connectivity index (χ2v) is 7.52. The third-order valence-electron chi connectivity index (χ3n) is 2.35. The summed E-state index contributed by atoms with van der Waals surface area (Å²) < 4.78 is 37.0. The topological polar surface area (TPSA) is 89.3 Å². The quantitative estimate of drug-likeness (QED) is 0.790. The number of nitrogen functional groups attached to an aromatic ring is 1. The van der Waals surface area contributed by atoms with Crippen molar-refractivity contribution < 1.29 is 12.6 Å². The van der Waals surface area contributed by atoms with Gasteiger partial charge in [0.05, 0.1) is 4.90 Å². The molecule has 0 bridgehead atoms. The maximum atomic E-state index is 11.9. The Hall–Kier alpha value is -0.630. The summed E-state index contributed by atoms with van der Waals surface area (Å²) in [6.07, 6.45) is 1.51. The van der Waals surface area contributed by atoms with E-state index >= 15 is 0 Å². The van der Waals surface area contributed by atoms with Gasteiger partial charge in [-0.05, 0) is 24.6 Å². The van der Waals surface area contributed by atoms with E-state index in [2.05, 4.69) is 4.72 Å². The van der Waals surface area contributed by atoms with Crippen molar-refractivity contribution in [1.29, 1.82) is 0 Å². The SMILES string of the molecule is Cc1c(N)cc(S(=O)(=O)NCCS(C)=O)cc1Cl. The lowest BCUT2D eigenvalue weighted by Gasteiger charge is -2.09. The molecule has 1 aromatic carbocycles. The molecule has 0 saturated carbocycles. The fourth-order valence-corrected chi connectivity index (χ4v) is 3.14. The molecular formula is C10H15ClN2O3S2. The highest BCUT2D eigenvalue weighted by Gasteiger charge is 2.16. The Morgan fingerprint density at radius 2 is 2.06 bits per heavy atom. The van der Waals surface area contributed by atoms with Crippen molar-refractivity contribution in [1.82, 2.24) is 4.72 Å². The highest BCUT2D eigenvalue weighted by atomic mass is 35.5. The summed E-state index contributed by atoms with van der Waals surface area (Å²) >= 11 is 5.89. The third-order valence-corrected chi connectivity index (χ3v) is 4.96. The van der Waals surface area contributed by atoms with Gasteiger partial charge in [-0.2, -0.15) is 0 Å². The molecule has 0 saturated heterocycles. The maximum absolute atomic E-state index is 11.9. The second-order valence-electron chi connectivity index (χ2n) is 3.79. The average molecular weight is 311 g/mol. The largest absolute Gasteiger partial charge is 0.398 e. The molecule has 0 aliphatic carbocycles. The lowest BCUT2D eigenvalue weighted by Crippen LogP contribution is -2.27. The molecule has 5 nitrogen and oxygen atoms in total. The van der Waals surface area contributed by atoms with Crippen LogP contribution in [-0.4, -0.2) is 31.2 Å². The van der Waals surface area contributed by atoms with Crippen LogP contribution in [0, 0.1) is 6.92 Å². The fourth-order valence-electron chi connectivity index (χ4n) is 1.23. The summed E-state index contributed by atoms with van der Waals surface area (Å²) in [6.45, 7) is 1.82. The van der Waals surface area contributed by atoms with Crippen LogP contribution in [0.1, 0.15) is 5.56 Å². The Balaban J connectivity index is 2.95. The zero-order valence-corrected chi connectivity index (χ0v) is 12.5. The van der Waals surface area contributed by atoms with Gasteiger partial charge in [0, 0.05) is 40.1 Å². The minimum Gasteiger partial charge on any atom is -0.398 e. The van der Waals surface area contributed by atoms with E-state index in [0.717, 1.165) is 0 Å². The van der Waals surface area contributed by atoms with Crippen LogP contribution in [0.5, 0.6) is 0 Å². The summed E-state index contributed by atoms with van der Waals surface area (Å²) in [5, 5.41) is 0.300. The third kappa shape index (κ3) is 3.94. The minimum absolute atomic E-state index is 0.0116. The van der Waals surface area contributed by atoms with E-state index in [-0.39, 0.29) is 17.2 Å². The van der Waals surface area contributed by atoms with Crippen molar-refractivity contribution in [3.8, 4) is 0 Å². The Morgan fingerprint density at radius 3 is 2.56 bits per heavy atom. The monoisotopic (exact) mass is 310 g/mol. The molecule has 1 atom stereocenters. The first-order valence-electron chi connectivity index (χ1n) is 5.09. The van der Waals surface area contributed by atoms with Gasteiger partial charge in [0.25, 0.3) is 0 Å². The van der Waals surface area contributed by atoms with E-state index in [1.807, 2.05) is 0 Å². The minimum atomic E-state index is -3.67. The van der Waals surface area contributed by atoms with Gasteiger partial charge in [-0.15, -0.1) is 0 Å². The first-order valence-corrected chi connectivity index (χ1v) is 8.68. The van der Waals surface area contributed by atoms with E-state index in [4.69, 9.17) is 17.3 Å². The number of sulfonamides is 1. The molecule has 0 aromatic heterocycles. The molecule has 0 fully saturated rings. The highest BCUT2D eigenvalue weighted by Crippen LogP contribution is 2.25. The molecule has 0 heterocycles. The molecule has 0 spiro atoms. The summed E-state index contributed by atoms with van der Waals surface area (Å²) in [5.41, 5.74) is 6.63. The molecule has 8 heteroatoms. The van der Waals surface area contributed by atoms with Crippen molar-refractivity contribution in [2.24, 2.45) is 0 Å². The lowest BCUT2D eigenvalue weighted by molar-refractivity contribution is 0.584. The molecule has 102 valence electrons. The van der Waals surface area contributed by atoms with Crippen LogP contribution in [0.25, 0.3) is 0 Å². The molecule has 0 radical (unpaired) electrons. The van der Waals surface area contributed by atoms with E-state index < -0.39 is 20.8 Å². The first-order chi connectivity index (χ1) is 8.24. The predicted octanol–water partition coefficient (Wildman–Crippen LogP) is 0.887. The number of nitrogens with two attached hydrogens (primary N) is 1. The number of hydrogen-bond donors (Lipinski definition) is 2. The van der Waals surface area contributed by atoms with Crippen LogP contribution in [0.4, 0.5) is 5.69 Å². The van der Waals surface area contributed by atoms with Crippen LogP contribution in [0.3, 0.4) is 0 Å². The van der Waals surface area contributed by atoms with Crippen LogP contribution in [0.2, 0.25) is 5.02 Å². The number of benzene rings is 1. The molecule has 1 unspecified atom stereocenters. The number of nitrogens with one attached hydrogen (secondary N) is 1. The van der Waals surface area contributed by atoms with Gasteiger partial charge in [0.2, 0.25) is 10.0 Å². The Labute approximate surface area is 114 Å². The molecule has 1 rings (SSSR count). The van der Waals surface area contributed by atoms with E-state index in [0.29, 0.717) is 16.3 Å². The number of rotatable bonds is 5. The van der Waals surface area contributed by atoms with E-state index in [9.17, 15) is 12.6 Å². The molecule has 0 aliphatic rings. The van der Waals surface area contributed by atoms with Crippen LogP contribution in [-0.2, 0) is 20.8 Å². The van der Waals surface area contributed by atoms with Crippen LogP contribution < -0.4 is 10.5 Å². The van der Waals surface area contributed by atoms with Gasteiger partial charge < -0.3 is 5.73 Å². The Morgan fingerprint density at radius 1 is 1.44 bits per heavy atom. The van der Waals surface area contributed by atoms with Gasteiger partial charge in [-0.25, -0.2) is 13.1 Å². The lowest BCUT2D eigenvalue weighted by atomic mass is 10.2. The van der Waals surface area contributed by atoms with Crippen molar-refractivity contribution in [3.63, 3.8) is 0 Å². The molecule has 18 heavy (non-hydrogen) atoms. The first kappa shape index (κ1) is 15.4. The summed E-state index contributed by atoms with van der Waals surface area (Å²) in [4.78, 5) is 0.0116. The van der Waals surface area contributed by atoms with Crippen LogP contribution in [0.15, 0.2) is 17.0 Å². The van der Waals surface area contributed by atoms with Gasteiger partial charge in [0.15, 0.2) is 0 Å². The Kier molecular flexibility index (Phi) is 5.15. The van der Waals surface area contributed by atoms with Gasteiger partial charge in [0.1, 0.15) is 0 Å². The molecule has 3 N–H and O–H groups in total. The van der Waals surface area contributed by atoms with Crippen molar-refractivity contribution in [3.05, 3.63) is 22.7 Å². The second kappa shape index (κ2) is 6.01. The fraction of sp³-hybridized carbons (Fsp3) is 0.400. The average Bonchev–Trinajstić information content (AvgIpc) is 2.24. The highest BCUT2D eigenvalue weighted by molar-refractivity contribution is 7.89. The Bertz CT molecular complexity index is 549. The summed E-state index contributed by atoms with van der Waals surface area (Å²) in [5.74, 6) is 0.258. The van der Waals surface area contributed by atoms with Crippen molar-refractivity contribution in [2.75, 3.05) is 24.3 Å². The van der Waals surface area contributed by atoms with Crippen molar-refractivity contribution in [2.45, 2.75) is 11.8 Å². The maximum Gasteiger partial charge on any atom is 0.240 e. The number of anilines is 1. The van der Waals surface area contributed by atoms with Gasteiger partial charge >= 0.3 is 0 Å². The molecule has 0 amide bonds. The predicted molar refractivity (Wildman–Crippen MR) is 74.7 cm³/mol. The van der Waals surface area contributed by atoms with Crippen LogP contribution >= 0.6 is 11.6 Å². The van der Waals surface area contributed by atoms with Crippen molar-refractivity contribution >= 4 is 38.1 Å². The zero-order valence-electron chi connectivity index (χ0n) is 10.1. The summed E-state index contributed by atoms with van der Waals surface area (Å²) in [6, 6.07) is 2.70. The molecule has 0 aliphatic heterocycles. The normalized spacial score (nSPS) is 13.5. The standard InChI is InChI=1S/C10H15ClN2O3S2/c1-7-9(11)5-8(6-10(7)12)18(15,16)13-3-4-17(2)14/h5-6,13H,3-4,12H2,1-2H3. The zero-order chi connectivity index (χ0) is 13.9.